The van der Waals surface area contributed by atoms with Gasteiger partial charge < -0.3 is 19.5 Å². The summed E-state index contributed by atoms with van der Waals surface area (Å²) in [7, 11) is 1.62. The second kappa shape index (κ2) is 10.3. The van der Waals surface area contributed by atoms with E-state index in [1.807, 2.05) is 12.1 Å². The van der Waals surface area contributed by atoms with Crippen molar-refractivity contribution < 1.29 is 18.6 Å². The lowest BCUT2D eigenvalue weighted by Gasteiger charge is -2.38. The van der Waals surface area contributed by atoms with Crippen LogP contribution in [0.15, 0.2) is 36.7 Å². The van der Waals surface area contributed by atoms with E-state index in [0.717, 1.165) is 52.0 Å². The van der Waals surface area contributed by atoms with E-state index in [2.05, 4.69) is 20.2 Å². The molecule has 2 aromatic carbocycles. The van der Waals surface area contributed by atoms with Crippen LogP contribution in [0.3, 0.4) is 0 Å². The zero-order valence-electron chi connectivity index (χ0n) is 19.1. The zero-order valence-corrected chi connectivity index (χ0v) is 19.9. The van der Waals surface area contributed by atoms with Gasteiger partial charge in [-0.2, -0.15) is 0 Å². The largest absolute Gasteiger partial charge is 0.493 e. The molecule has 7 nitrogen and oxygen atoms in total. The quantitative estimate of drug-likeness (QED) is 0.513. The van der Waals surface area contributed by atoms with Gasteiger partial charge in [0.05, 0.1) is 42.7 Å². The Morgan fingerprint density at radius 2 is 1.88 bits per heavy atom. The minimum Gasteiger partial charge on any atom is -0.493 e. The summed E-state index contributed by atoms with van der Waals surface area (Å²) in [6, 6.07) is 9.09. The Bertz CT molecular complexity index is 1150. The summed E-state index contributed by atoms with van der Waals surface area (Å²) in [6.45, 7) is 3.67. The van der Waals surface area contributed by atoms with Crippen molar-refractivity contribution in [2.24, 2.45) is 0 Å². The summed E-state index contributed by atoms with van der Waals surface area (Å²) in [6.07, 6.45) is 5.70. The molecule has 180 valence electrons. The highest BCUT2D eigenvalue weighted by Crippen LogP contribution is 2.37. The SMILES string of the molecule is COc1cc2ncnc(Nc3cccc(Cl)c3F)c2cc1O[C@H]1CC[C@H](N2CCOCC2)CC1. The van der Waals surface area contributed by atoms with Gasteiger partial charge in [-0.3, -0.25) is 4.90 Å². The summed E-state index contributed by atoms with van der Waals surface area (Å²) >= 11 is 5.94. The van der Waals surface area contributed by atoms with E-state index in [1.54, 1.807) is 19.2 Å². The lowest BCUT2D eigenvalue weighted by molar-refractivity contribution is -0.00120. The molecule has 1 aromatic heterocycles. The number of hydrogen-bond donors (Lipinski definition) is 1. The van der Waals surface area contributed by atoms with E-state index in [9.17, 15) is 4.39 Å². The van der Waals surface area contributed by atoms with Crippen molar-refractivity contribution in [1.29, 1.82) is 0 Å². The fourth-order valence-electron chi connectivity index (χ4n) is 4.79. The second-order valence-electron chi connectivity index (χ2n) is 8.67. The maximum absolute atomic E-state index is 14.5. The van der Waals surface area contributed by atoms with Crippen LogP contribution in [0.2, 0.25) is 5.02 Å². The molecule has 2 aliphatic rings. The molecule has 1 saturated carbocycles. The molecule has 5 rings (SSSR count). The molecule has 0 spiro atoms. The third kappa shape index (κ3) is 4.89. The number of fused-ring (bicyclic) bond motifs is 1. The Morgan fingerprint density at radius 1 is 1.09 bits per heavy atom. The predicted octanol–water partition coefficient (Wildman–Crippen LogP) is 5.20. The highest BCUT2D eigenvalue weighted by molar-refractivity contribution is 6.31. The van der Waals surface area contributed by atoms with Crippen LogP contribution in [0.25, 0.3) is 10.9 Å². The van der Waals surface area contributed by atoms with Crippen molar-refractivity contribution in [1.82, 2.24) is 14.9 Å². The van der Waals surface area contributed by atoms with E-state index < -0.39 is 5.82 Å². The lowest BCUT2D eigenvalue weighted by Crippen LogP contribution is -2.46. The molecule has 0 unspecified atom stereocenters. The molecule has 0 amide bonds. The van der Waals surface area contributed by atoms with Crippen LogP contribution in [-0.2, 0) is 4.74 Å². The predicted molar refractivity (Wildman–Crippen MR) is 130 cm³/mol. The summed E-state index contributed by atoms with van der Waals surface area (Å²) in [4.78, 5) is 11.2. The highest BCUT2D eigenvalue weighted by Gasteiger charge is 2.28. The molecule has 2 fully saturated rings. The molecule has 0 bridgehead atoms. The highest BCUT2D eigenvalue weighted by atomic mass is 35.5. The molecule has 3 aromatic rings. The molecule has 34 heavy (non-hydrogen) atoms. The van der Waals surface area contributed by atoms with Crippen LogP contribution in [0, 0.1) is 5.82 Å². The number of benzene rings is 2. The average Bonchev–Trinajstić information content (AvgIpc) is 2.88. The molecule has 0 radical (unpaired) electrons. The minimum atomic E-state index is -0.530. The molecule has 2 heterocycles. The van der Waals surface area contributed by atoms with Crippen LogP contribution >= 0.6 is 11.6 Å². The number of methoxy groups -OCH3 is 1. The number of rotatable bonds is 6. The van der Waals surface area contributed by atoms with Gasteiger partial charge in [0.15, 0.2) is 17.3 Å². The number of aromatic nitrogens is 2. The van der Waals surface area contributed by atoms with Gasteiger partial charge in [0.2, 0.25) is 0 Å². The molecule has 1 aliphatic heterocycles. The van der Waals surface area contributed by atoms with Crippen LogP contribution in [0.4, 0.5) is 15.9 Å². The molecule has 1 N–H and O–H groups in total. The third-order valence-corrected chi connectivity index (χ3v) is 6.92. The van der Waals surface area contributed by atoms with Crippen LogP contribution in [-0.4, -0.2) is 60.4 Å². The van der Waals surface area contributed by atoms with Crippen LogP contribution in [0.1, 0.15) is 25.7 Å². The van der Waals surface area contributed by atoms with E-state index in [-0.39, 0.29) is 16.8 Å². The Hall–Kier alpha value is -2.68. The molecule has 9 heteroatoms. The molecule has 1 aliphatic carbocycles. The molecular weight excluding hydrogens is 459 g/mol. The number of nitrogens with zero attached hydrogens (tertiary/aromatic N) is 3. The first-order valence-corrected chi connectivity index (χ1v) is 12.0. The van der Waals surface area contributed by atoms with E-state index >= 15 is 0 Å². The van der Waals surface area contributed by atoms with Gasteiger partial charge in [-0.15, -0.1) is 0 Å². The van der Waals surface area contributed by atoms with E-state index in [4.69, 9.17) is 25.8 Å². The second-order valence-corrected chi connectivity index (χ2v) is 9.07. The maximum Gasteiger partial charge on any atom is 0.165 e. The van der Waals surface area contributed by atoms with Gasteiger partial charge in [0, 0.05) is 30.6 Å². The molecule has 1 saturated heterocycles. The van der Waals surface area contributed by atoms with E-state index in [0.29, 0.717) is 34.3 Å². The van der Waals surface area contributed by atoms with Gasteiger partial charge in [0.25, 0.3) is 0 Å². The fourth-order valence-corrected chi connectivity index (χ4v) is 4.97. The first kappa shape index (κ1) is 23.1. The van der Waals surface area contributed by atoms with Crippen molar-refractivity contribution in [3.8, 4) is 11.5 Å². The van der Waals surface area contributed by atoms with Crippen molar-refractivity contribution >= 4 is 34.0 Å². The lowest BCUT2D eigenvalue weighted by atomic mass is 9.91. The van der Waals surface area contributed by atoms with Gasteiger partial charge >= 0.3 is 0 Å². The standard InChI is InChI=1S/C25H28ClFN4O3/c1-32-22-14-21-18(25(29-15-28-21)30-20-4-2-3-19(26)24(20)27)13-23(22)34-17-7-5-16(6-8-17)31-9-11-33-12-10-31/h2-4,13-17H,5-12H2,1H3,(H,28,29,30)/t16-,17-. The van der Waals surface area contributed by atoms with Crippen molar-refractivity contribution in [3.63, 3.8) is 0 Å². The Morgan fingerprint density at radius 3 is 2.65 bits per heavy atom. The number of ether oxygens (including phenoxy) is 3. The maximum atomic E-state index is 14.5. The summed E-state index contributed by atoms with van der Waals surface area (Å²) < 4.78 is 32.0. The van der Waals surface area contributed by atoms with Crippen LogP contribution in [0.5, 0.6) is 11.5 Å². The summed E-state index contributed by atoms with van der Waals surface area (Å²) in [5, 5.41) is 3.80. The van der Waals surface area contributed by atoms with Gasteiger partial charge in [-0.05, 0) is 43.9 Å². The monoisotopic (exact) mass is 486 g/mol. The first-order valence-electron chi connectivity index (χ1n) is 11.6. The normalized spacial score (nSPS) is 21.4. The van der Waals surface area contributed by atoms with E-state index in [1.165, 1.54) is 12.4 Å². The smallest absolute Gasteiger partial charge is 0.165 e. The van der Waals surface area contributed by atoms with Gasteiger partial charge in [-0.25, -0.2) is 14.4 Å². The Balaban J connectivity index is 1.36. The summed E-state index contributed by atoms with van der Waals surface area (Å²) in [5.74, 6) is 1.18. The van der Waals surface area contributed by atoms with Gasteiger partial charge in [0.1, 0.15) is 12.1 Å². The number of anilines is 2. The number of hydrogen-bond acceptors (Lipinski definition) is 7. The zero-order chi connectivity index (χ0) is 23.5. The molecular formula is C25H28ClFN4O3. The number of nitrogens with one attached hydrogen (secondary N) is 1. The molecule has 0 atom stereocenters. The first-order chi connectivity index (χ1) is 16.6. The van der Waals surface area contributed by atoms with Crippen molar-refractivity contribution in [2.45, 2.75) is 37.8 Å². The number of halogens is 2. The van der Waals surface area contributed by atoms with Gasteiger partial charge in [-0.1, -0.05) is 17.7 Å². The third-order valence-electron chi connectivity index (χ3n) is 6.62. The minimum absolute atomic E-state index is 0.0433. The topological polar surface area (TPSA) is 68.7 Å². The Kier molecular flexibility index (Phi) is 6.99. The Labute approximate surface area is 203 Å². The number of morpholine rings is 1. The van der Waals surface area contributed by atoms with Crippen molar-refractivity contribution in [2.75, 3.05) is 38.7 Å². The average molecular weight is 487 g/mol. The fraction of sp³-hybridized carbons (Fsp3) is 0.440. The van der Waals surface area contributed by atoms with Crippen LogP contribution < -0.4 is 14.8 Å². The summed E-state index contributed by atoms with van der Waals surface area (Å²) in [5.41, 5.74) is 0.910. The van der Waals surface area contributed by atoms with Crippen molar-refractivity contribution in [3.05, 3.63) is 47.5 Å².